The zero-order chi connectivity index (χ0) is 11.9. The Kier molecular flexibility index (Phi) is 5.08. The standard InChI is InChI=1S/C14H24N2O/c1-2-8-15-13-5-9-16(10-6-13)11-7-14-4-3-12-17-14/h3-4,12-13,15H,2,5-11H2,1H3. The molecular formula is C14H24N2O. The molecule has 0 unspecified atom stereocenters. The molecule has 3 nitrogen and oxygen atoms in total. The maximum atomic E-state index is 5.36. The highest BCUT2D eigenvalue weighted by Gasteiger charge is 2.18. The Balaban J connectivity index is 1.62. The van der Waals surface area contributed by atoms with Gasteiger partial charge in [-0.2, -0.15) is 0 Å². The van der Waals surface area contributed by atoms with E-state index in [9.17, 15) is 0 Å². The molecule has 1 aliphatic rings. The highest BCUT2D eigenvalue weighted by atomic mass is 16.3. The largest absolute Gasteiger partial charge is 0.469 e. The van der Waals surface area contributed by atoms with Crippen LogP contribution in [-0.4, -0.2) is 37.1 Å². The van der Waals surface area contributed by atoms with E-state index < -0.39 is 0 Å². The van der Waals surface area contributed by atoms with Crippen molar-refractivity contribution in [3.63, 3.8) is 0 Å². The molecule has 0 spiro atoms. The highest BCUT2D eigenvalue weighted by molar-refractivity contribution is 4.98. The Morgan fingerprint density at radius 2 is 2.24 bits per heavy atom. The minimum Gasteiger partial charge on any atom is -0.469 e. The van der Waals surface area contributed by atoms with E-state index in [1.807, 2.05) is 6.07 Å². The molecule has 3 heteroatoms. The first-order chi connectivity index (χ1) is 8.38. The summed E-state index contributed by atoms with van der Waals surface area (Å²) in [5.41, 5.74) is 0. The molecule has 1 saturated heterocycles. The zero-order valence-electron chi connectivity index (χ0n) is 10.8. The van der Waals surface area contributed by atoms with Crippen LogP contribution in [0.1, 0.15) is 31.9 Å². The van der Waals surface area contributed by atoms with E-state index in [0.29, 0.717) is 0 Å². The quantitative estimate of drug-likeness (QED) is 0.821. The molecule has 96 valence electrons. The van der Waals surface area contributed by atoms with E-state index >= 15 is 0 Å². The predicted molar refractivity (Wildman–Crippen MR) is 70.2 cm³/mol. The Labute approximate surface area is 104 Å². The molecule has 0 saturated carbocycles. The molecular weight excluding hydrogens is 212 g/mol. The molecule has 17 heavy (non-hydrogen) atoms. The average Bonchev–Trinajstić information content (AvgIpc) is 2.88. The third-order valence-corrected chi connectivity index (χ3v) is 3.53. The van der Waals surface area contributed by atoms with Crippen molar-refractivity contribution in [2.75, 3.05) is 26.2 Å². The monoisotopic (exact) mass is 236 g/mol. The number of likely N-dealkylation sites (tertiary alicyclic amines) is 1. The van der Waals surface area contributed by atoms with Gasteiger partial charge in [-0.3, -0.25) is 0 Å². The first kappa shape index (κ1) is 12.7. The maximum absolute atomic E-state index is 5.36. The van der Waals surface area contributed by atoms with Gasteiger partial charge in [0.05, 0.1) is 6.26 Å². The minimum absolute atomic E-state index is 0.745. The topological polar surface area (TPSA) is 28.4 Å². The van der Waals surface area contributed by atoms with Crippen molar-refractivity contribution in [1.82, 2.24) is 10.2 Å². The first-order valence-electron chi connectivity index (χ1n) is 6.86. The molecule has 1 aromatic rings. The first-order valence-corrected chi connectivity index (χ1v) is 6.86. The lowest BCUT2D eigenvalue weighted by molar-refractivity contribution is 0.197. The van der Waals surface area contributed by atoms with Gasteiger partial charge in [0, 0.05) is 19.0 Å². The van der Waals surface area contributed by atoms with Gasteiger partial charge in [-0.15, -0.1) is 0 Å². The number of hydrogen-bond donors (Lipinski definition) is 1. The molecule has 0 aromatic carbocycles. The molecule has 2 rings (SSSR count). The summed E-state index contributed by atoms with van der Waals surface area (Å²) < 4.78 is 5.36. The van der Waals surface area contributed by atoms with Crippen LogP contribution in [0.15, 0.2) is 22.8 Å². The van der Waals surface area contributed by atoms with Crippen molar-refractivity contribution in [2.24, 2.45) is 0 Å². The number of hydrogen-bond acceptors (Lipinski definition) is 3. The van der Waals surface area contributed by atoms with Gasteiger partial charge >= 0.3 is 0 Å². The SMILES string of the molecule is CCCNC1CCN(CCc2ccco2)CC1. The lowest BCUT2D eigenvalue weighted by atomic mass is 10.0. The Hall–Kier alpha value is -0.800. The van der Waals surface area contributed by atoms with E-state index in [1.54, 1.807) is 6.26 Å². The Bertz CT molecular complexity index is 289. The molecule has 0 radical (unpaired) electrons. The third-order valence-electron chi connectivity index (χ3n) is 3.53. The molecule has 1 fully saturated rings. The second-order valence-corrected chi connectivity index (χ2v) is 4.90. The van der Waals surface area contributed by atoms with E-state index in [2.05, 4.69) is 23.2 Å². The smallest absolute Gasteiger partial charge is 0.105 e. The second kappa shape index (κ2) is 6.82. The summed E-state index contributed by atoms with van der Waals surface area (Å²) in [6.07, 6.45) is 6.62. The van der Waals surface area contributed by atoms with Crippen molar-refractivity contribution in [1.29, 1.82) is 0 Å². The third kappa shape index (κ3) is 4.17. The van der Waals surface area contributed by atoms with E-state index in [-0.39, 0.29) is 0 Å². The van der Waals surface area contributed by atoms with Gasteiger partial charge in [0.25, 0.3) is 0 Å². The van der Waals surface area contributed by atoms with Crippen LogP contribution in [0.5, 0.6) is 0 Å². The van der Waals surface area contributed by atoms with Crippen LogP contribution in [0, 0.1) is 0 Å². The van der Waals surface area contributed by atoms with Gasteiger partial charge in [0.1, 0.15) is 5.76 Å². The van der Waals surface area contributed by atoms with Gasteiger partial charge in [0.15, 0.2) is 0 Å². The summed E-state index contributed by atoms with van der Waals surface area (Å²) in [4.78, 5) is 2.55. The molecule has 2 heterocycles. The van der Waals surface area contributed by atoms with Crippen molar-refractivity contribution in [3.8, 4) is 0 Å². The zero-order valence-corrected chi connectivity index (χ0v) is 10.8. The average molecular weight is 236 g/mol. The number of rotatable bonds is 6. The van der Waals surface area contributed by atoms with Crippen LogP contribution >= 0.6 is 0 Å². The normalized spacial score (nSPS) is 18.6. The number of piperidine rings is 1. The lowest BCUT2D eigenvalue weighted by Crippen LogP contribution is -2.43. The van der Waals surface area contributed by atoms with Crippen LogP contribution in [-0.2, 0) is 6.42 Å². The summed E-state index contributed by atoms with van der Waals surface area (Å²) >= 11 is 0. The van der Waals surface area contributed by atoms with Crippen LogP contribution in [0.4, 0.5) is 0 Å². The summed E-state index contributed by atoms with van der Waals surface area (Å²) in [5.74, 6) is 1.11. The van der Waals surface area contributed by atoms with Gasteiger partial charge in [-0.1, -0.05) is 6.92 Å². The number of nitrogens with one attached hydrogen (secondary N) is 1. The van der Waals surface area contributed by atoms with Gasteiger partial charge in [0.2, 0.25) is 0 Å². The van der Waals surface area contributed by atoms with Gasteiger partial charge in [-0.05, 0) is 51.0 Å². The van der Waals surface area contributed by atoms with E-state index in [1.165, 1.54) is 32.4 Å². The number of furan rings is 1. The van der Waals surface area contributed by atoms with Crippen LogP contribution in [0.25, 0.3) is 0 Å². The predicted octanol–water partition coefficient (Wildman–Crippen LogP) is 2.29. The fraction of sp³-hybridized carbons (Fsp3) is 0.714. The van der Waals surface area contributed by atoms with Crippen LogP contribution in [0.2, 0.25) is 0 Å². The molecule has 1 aromatic heterocycles. The molecule has 1 N–H and O–H groups in total. The molecule has 0 amide bonds. The molecule has 1 aliphatic heterocycles. The van der Waals surface area contributed by atoms with Crippen molar-refractivity contribution < 1.29 is 4.42 Å². The number of nitrogens with zero attached hydrogens (tertiary/aromatic N) is 1. The maximum Gasteiger partial charge on any atom is 0.105 e. The molecule has 0 aliphatic carbocycles. The van der Waals surface area contributed by atoms with Crippen LogP contribution in [0.3, 0.4) is 0 Å². The fourth-order valence-electron chi connectivity index (χ4n) is 2.43. The lowest BCUT2D eigenvalue weighted by Gasteiger charge is -2.32. The van der Waals surface area contributed by atoms with Crippen molar-refractivity contribution >= 4 is 0 Å². The summed E-state index contributed by atoms with van der Waals surface area (Å²) in [6, 6.07) is 4.78. The van der Waals surface area contributed by atoms with Gasteiger partial charge < -0.3 is 14.6 Å². The summed E-state index contributed by atoms with van der Waals surface area (Å²) in [6.45, 7) is 6.97. The fourth-order valence-corrected chi connectivity index (χ4v) is 2.43. The van der Waals surface area contributed by atoms with E-state index in [4.69, 9.17) is 4.42 Å². The Morgan fingerprint density at radius 1 is 1.41 bits per heavy atom. The van der Waals surface area contributed by atoms with Crippen LogP contribution < -0.4 is 5.32 Å². The second-order valence-electron chi connectivity index (χ2n) is 4.90. The summed E-state index contributed by atoms with van der Waals surface area (Å²) in [5, 5.41) is 3.62. The highest BCUT2D eigenvalue weighted by Crippen LogP contribution is 2.11. The minimum atomic E-state index is 0.745. The Morgan fingerprint density at radius 3 is 2.88 bits per heavy atom. The molecule has 0 bridgehead atoms. The molecule has 0 atom stereocenters. The van der Waals surface area contributed by atoms with Crippen molar-refractivity contribution in [2.45, 2.75) is 38.6 Å². The summed E-state index contributed by atoms with van der Waals surface area (Å²) in [7, 11) is 0. The van der Waals surface area contributed by atoms with Gasteiger partial charge in [-0.25, -0.2) is 0 Å². The van der Waals surface area contributed by atoms with Crippen molar-refractivity contribution in [3.05, 3.63) is 24.2 Å². The van der Waals surface area contributed by atoms with E-state index in [0.717, 1.165) is 31.3 Å².